The predicted molar refractivity (Wildman–Crippen MR) is 44.1 cm³/mol. The third-order valence-corrected chi connectivity index (χ3v) is 2.90. The lowest BCUT2D eigenvalue weighted by Gasteiger charge is -2.16. The molecule has 0 spiro atoms. The standard InChI is InChI=1S/C6H10N2O3Si/c1-6(2)11-12(3,7-4-9)8-5-10/h6H,1-3H3. The molecule has 0 saturated carbocycles. The van der Waals surface area contributed by atoms with Crippen molar-refractivity contribution in [3.63, 3.8) is 0 Å². The van der Waals surface area contributed by atoms with Gasteiger partial charge in [-0.05, 0) is 20.4 Å². The third-order valence-electron chi connectivity index (χ3n) is 0.965. The second-order valence-electron chi connectivity index (χ2n) is 2.51. The Hall–Kier alpha value is -1.06. The molecule has 0 unspecified atom stereocenters. The Morgan fingerprint density at radius 1 is 1.25 bits per heavy atom. The molecule has 12 heavy (non-hydrogen) atoms. The lowest BCUT2D eigenvalue weighted by atomic mass is 10.5. The van der Waals surface area contributed by atoms with Gasteiger partial charge in [0.25, 0.3) is 0 Å². The highest BCUT2D eigenvalue weighted by atomic mass is 28.4. The number of carbonyl (C=O) groups excluding carboxylic acids is 2. The summed E-state index contributed by atoms with van der Waals surface area (Å²) in [6.45, 7) is 5.06. The first-order chi connectivity index (χ1) is 5.54. The van der Waals surface area contributed by atoms with Crippen molar-refractivity contribution < 1.29 is 14.0 Å². The fourth-order valence-corrected chi connectivity index (χ4v) is 2.08. The molecule has 0 saturated heterocycles. The van der Waals surface area contributed by atoms with Gasteiger partial charge in [-0.2, -0.15) is 9.32 Å². The maximum Gasteiger partial charge on any atom is 0.474 e. The van der Waals surface area contributed by atoms with Gasteiger partial charge >= 0.3 is 8.64 Å². The molecule has 0 N–H and O–H groups in total. The van der Waals surface area contributed by atoms with E-state index in [2.05, 4.69) is 9.32 Å². The average molecular weight is 186 g/mol. The van der Waals surface area contributed by atoms with Gasteiger partial charge in [0.05, 0.1) is 0 Å². The molecule has 0 atom stereocenters. The molecule has 0 aliphatic heterocycles. The molecule has 66 valence electrons. The topological polar surface area (TPSA) is 68.1 Å². The van der Waals surface area contributed by atoms with E-state index in [1.54, 1.807) is 13.8 Å². The number of isocyanates is 2. The Morgan fingerprint density at radius 2 is 1.67 bits per heavy atom. The van der Waals surface area contributed by atoms with E-state index in [0.29, 0.717) is 0 Å². The summed E-state index contributed by atoms with van der Waals surface area (Å²) >= 11 is 0. The highest BCUT2D eigenvalue weighted by Gasteiger charge is 2.31. The Morgan fingerprint density at radius 3 is 1.92 bits per heavy atom. The Kier molecular flexibility index (Phi) is 4.32. The fourth-order valence-electron chi connectivity index (χ4n) is 0.694. The normalized spacial score (nSPS) is 14.3. The second kappa shape index (κ2) is 4.74. The van der Waals surface area contributed by atoms with Crippen LogP contribution in [-0.2, 0) is 14.0 Å². The molecule has 0 aliphatic rings. The molecule has 0 heterocycles. The van der Waals surface area contributed by atoms with Crippen LogP contribution in [-0.4, -0.2) is 26.9 Å². The van der Waals surface area contributed by atoms with E-state index in [9.17, 15) is 9.59 Å². The molecule has 0 fully saturated rings. The Bertz CT molecular complexity index is 223. The van der Waals surface area contributed by atoms with Crippen LogP contribution in [0.25, 0.3) is 0 Å². The van der Waals surface area contributed by atoms with Crippen LogP contribution >= 0.6 is 0 Å². The van der Waals surface area contributed by atoms with E-state index in [-0.39, 0.29) is 6.10 Å². The zero-order valence-corrected chi connectivity index (χ0v) is 8.20. The molecule has 0 radical (unpaired) electrons. The first-order valence-corrected chi connectivity index (χ1v) is 5.70. The zero-order valence-electron chi connectivity index (χ0n) is 7.20. The fraction of sp³-hybridized carbons (Fsp3) is 0.667. The van der Waals surface area contributed by atoms with Crippen molar-refractivity contribution >= 4 is 20.8 Å². The molecule has 0 aliphatic carbocycles. The monoisotopic (exact) mass is 186 g/mol. The maximum atomic E-state index is 9.95. The summed E-state index contributed by atoms with van der Waals surface area (Å²) in [5, 5.41) is 0. The smallest absolute Gasteiger partial charge is 0.378 e. The van der Waals surface area contributed by atoms with Gasteiger partial charge in [0.1, 0.15) is 0 Å². The summed E-state index contributed by atoms with van der Waals surface area (Å²) in [6, 6.07) is 0. The SMILES string of the molecule is CC(C)O[Si](C)(N=C=O)N=C=O. The molecule has 5 nitrogen and oxygen atoms in total. The number of nitrogens with zero attached hydrogens (tertiary/aromatic N) is 2. The highest BCUT2D eigenvalue weighted by molar-refractivity contribution is 6.70. The van der Waals surface area contributed by atoms with Gasteiger partial charge < -0.3 is 4.43 Å². The van der Waals surface area contributed by atoms with Gasteiger partial charge in [0, 0.05) is 6.10 Å². The maximum absolute atomic E-state index is 9.95. The lowest BCUT2D eigenvalue weighted by Crippen LogP contribution is -2.33. The van der Waals surface area contributed by atoms with Crippen LogP contribution in [0, 0.1) is 0 Å². The van der Waals surface area contributed by atoms with Crippen molar-refractivity contribution in [1.82, 2.24) is 0 Å². The van der Waals surface area contributed by atoms with Crippen molar-refractivity contribution in [3.05, 3.63) is 0 Å². The molecule has 0 aromatic heterocycles. The summed E-state index contributed by atoms with van der Waals surface area (Å²) in [6.07, 6.45) is 2.55. The molecular formula is C6H10N2O3Si. The average Bonchev–Trinajstić information content (AvgIpc) is 1.85. The molecule has 0 aromatic carbocycles. The lowest BCUT2D eigenvalue weighted by molar-refractivity contribution is 0.229. The van der Waals surface area contributed by atoms with E-state index in [1.807, 2.05) is 0 Å². The number of hydrogen-bond acceptors (Lipinski definition) is 5. The van der Waals surface area contributed by atoms with Gasteiger partial charge in [-0.1, -0.05) is 0 Å². The van der Waals surface area contributed by atoms with Crippen molar-refractivity contribution in [2.75, 3.05) is 0 Å². The molecule has 6 heteroatoms. The van der Waals surface area contributed by atoms with Crippen LogP contribution in [0.3, 0.4) is 0 Å². The summed E-state index contributed by atoms with van der Waals surface area (Å²) < 4.78 is 11.9. The van der Waals surface area contributed by atoms with Crippen molar-refractivity contribution in [3.8, 4) is 0 Å². The van der Waals surface area contributed by atoms with E-state index in [4.69, 9.17) is 4.43 Å². The minimum Gasteiger partial charge on any atom is -0.378 e. The number of rotatable bonds is 4. The van der Waals surface area contributed by atoms with Gasteiger partial charge in [-0.25, -0.2) is 9.59 Å². The van der Waals surface area contributed by atoms with Crippen LogP contribution in [0.2, 0.25) is 6.55 Å². The summed E-state index contributed by atoms with van der Waals surface area (Å²) in [5.41, 5.74) is 0. The van der Waals surface area contributed by atoms with Crippen molar-refractivity contribution in [1.29, 1.82) is 0 Å². The predicted octanol–water partition coefficient (Wildman–Crippen LogP) is 0.652. The quantitative estimate of drug-likeness (QED) is 0.368. The molecule has 0 amide bonds. The Balaban J connectivity index is 4.60. The van der Waals surface area contributed by atoms with Gasteiger partial charge in [0.2, 0.25) is 12.2 Å². The Labute approximate surface area is 71.5 Å². The number of hydrogen-bond donors (Lipinski definition) is 0. The molecular weight excluding hydrogens is 176 g/mol. The van der Waals surface area contributed by atoms with Crippen LogP contribution in [0.1, 0.15) is 13.8 Å². The second-order valence-corrected chi connectivity index (χ2v) is 5.06. The van der Waals surface area contributed by atoms with E-state index < -0.39 is 8.64 Å². The van der Waals surface area contributed by atoms with Gasteiger partial charge in [0.15, 0.2) is 0 Å². The van der Waals surface area contributed by atoms with E-state index in [1.165, 1.54) is 18.7 Å². The van der Waals surface area contributed by atoms with E-state index in [0.717, 1.165) is 0 Å². The minimum atomic E-state index is -2.91. The third kappa shape index (κ3) is 3.95. The molecule has 0 aromatic rings. The molecule has 0 rings (SSSR count). The van der Waals surface area contributed by atoms with Gasteiger partial charge in [-0.3, -0.25) is 0 Å². The summed E-state index contributed by atoms with van der Waals surface area (Å²) in [7, 11) is -2.91. The van der Waals surface area contributed by atoms with Crippen LogP contribution in [0.15, 0.2) is 9.32 Å². The highest BCUT2D eigenvalue weighted by Crippen LogP contribution is 2.09. The zero-order chi connectivity index (χ0) is 9.61. The minimum absolute atomic E-state index is 0.129. The van der Waals surface area contributed by atoms with Crippen LogP contribution < -0.4 is 0 Å². The van der Waals surface area contributed by atoms with E-state index >= 15 is 0 Å². The van der Waals surface area contributed by atoms with Gasteiger partial charge in [-0.15, -0.1) is 0 Å². The van der Waals surface area contributed by atoms with Crippen molar-refractivity contribution in [2.24, 2.45) is 9.32 Å². The largest absolute Gasteiger partial charge is 0.474 e. The summed E-state index contributed by atoms with van der Waals surface area (Å²) in [5.74, 6) is 0. The molecule has 0 bridgehead atoms. The first-order valence-electron chi connectivity index (χ1n) is 3.40. The van der Waals surface area contributed by atoms with Crippen LogP contribution in [0.4, 0.5) is 0 Å². The van der Waals surface area contributed by atoms with Crippen LogP contribution in [0.5, 0.6) is 0 Å². The van der Waals surface area contributed by atoms with Crippen molar-refractivity contribution in [2.45, 2.75) is 26.5 Å². The first kappa shape index (κ1) is 10.9. The summed E-state index contributed by atoms with van der Waals surface area (Å²) in [4.78, 5) is 19.9.